The molecule has 2 N–H and O–H groups in total. The summed E-state index contributed by atoms with van der Waals surface area (Å²) in [5.74, 6) is -0.167. The highest BCUT2D eigenvalue weighted by Gasteiger charge is 2.24. The Morgan fingerprint density at radius 2 is 0.753 bits per heavy atom. The summed E-state index contributed by atoms with van der Waals surface area (Å²) >= 11 is 0. The van der Waals surface area contributed by atoms with Gasteiger partial charge in [-0.25, -0.2) is 0 Å². The van der Waals surface area contributed by atoms with Crippen LogP contribution >= 0.6 is 7.82 Å². The molecule has 0 saturated carbocycles. The number of aliphatic hydroxyl groups excluding tert-OH is 1. The molecule has 0 heterocycles. The topological polar surface area (TPSA) is 108 Å². The Labute approximate surface area is 480 Å². The van der Waals surface area contributed by atoms with Crippen molar-refractivity contribution in [1.82, 2.24) is 5.32 Å². The summed E-state index contributed by atoms with van der Waals surface area (Å²) in [6.45, 7) is 4.75. The van der Waals surface area contributed by atoms with Crippen molar-refractivity contribution in [3.05, 3.63) is 36.5 Å². The van der Waals surface area contributed by atoms with E-state index in [1.165, 1.54) is 257 Å². The molecule has 3 unspecified atom stereocenters. The Morgan fingerprint density at radius 3 is 1.09 bits per heavy atom. The molecular formula is C68H133N2O6P. The maximum Gasteiger partial charge on any atom is 0.268 e. The summed E-state index contributed by atoms with van der Waals surface area (Å²) in [5, 5.41) is 14.1. The number of phosphoric acid groups is 1. The van der Waals surface area contributed by atoms with Crippen molar-refractivity contribution < 1.29 is 32.9 Å². The molecule has 0 fully saturated rings. The molecule has 0 aliphatic carbocycles. The third-order valence-electron chi connectivity index (χ3n) is 15.6. The fourth-order valence-corrected chi connectivity index (χ4v) is 11.1. The predicted octanol–water partition coefficient (Wildman–Crippen LogP) is 20.6. The molecule has 0 aromatic rings. The molecule has 8 nitrogen and oxygen atoms in total. The zero-order valence-corrected chi connectivity index (χ0v) is 53.1. The first-order valence-corrected chi connectivity index (χ1v) is 35.3. The minimum Gasteiger partial charge on any atom is -0.756 e. The van der Waals surface area contributed by atoms with Crippen molar-refractivity contribution in [3.8, 4) is 0 Å². The lowest BCUT2D eigenvalue weighted by molar-refractivity contribution is -0.870. The molecule has 0 radical (unpaired) electrons. The van der Waals surface area contributed by atoms with E-state index in [0.29, 0.717) is 23.9 Å². The molecule has 456 valence electrons. The number of hydrogen-bond donors (Lipinski definition) is 2. The summed E-state index contributed by atoms with van der Waals surface area (Å²) in [7, 11) is 1.31. The first-order valence-electron chi connectivity index (χ1n) is 33.8. The Bertz CT molecular complexity index is 1350. The number of quaternary nitrogens is 1. The number of phosphoric ester groups is 1. The number of likely N-dealkylation sites (N-methyl/N-ethyl adjacent to an activating group) is 1. The SMILES string of the molecule is CCCCCCC/C=C\C/C=C\C/C=C\CCCCCCCCCCC(=O)NC(COP(=O)([O-])OCC[N+](C)(C)C)C(O)CCCCCCCCCCCCCCCCCCCCCCCCCCCCCCCCCC. The van der Waals surface area contributed by atoms with Crippen LogP contribution in [-0.4, -0.2) is 68.5 Å². The maximum atomic E-state index is 13.0. The predicted molar refractivity (Wildman–Crippen MR) is 335 cm³/mol. The molecule has 0 aliphatic rings. The van der Waals surface area contributed by atoms with Gasteiger partial charge in [-0.05, 0) is 51.4 Å². The van der Waals surface area contributed by atoms with E-state index in [1.54, 1.807) is 0 Å². The van der Waals surface area contributed by atoms with Crippen molar-refractivity contribution in [2.75, 3.05) is 40.9 Å². The molecule has 0 aromatic carbocycles. The second-order valence-corrected chi connectivity index (χ2v) is 25.9. The van der Waals surface area contributed by atoms with Crippen LogP contribution in [0.4, 0.5) is 0 Å². The van der Waals surface area contributed by atoms with Gasteiger partial charge in [0.15, 0.2) is 0 Å². The normalized spacial score (nSPS) is 13.9. The molecule has 1 amide bonds. The number of nitrogens with one attached hydrogen (secondary N) is 1. The largest absolute Gasteiger partial charge is 0.756 e. The molecule has 0 bridgehead atoms. The number of amides is 1. The third kappa shape index (κ3) is 62.2. The highest BCUT2D eigenvalue weighted by molar-refractivity contribution is 7.45. The lowest BCUT2D eigenvalue weighted by atomic mass is 10.0. The molecule has 3 atom stereocenters. The van der Waals surface area contributed by atoms with Gasteiger partial charge in [0.2, 0.25) is 5.91 Å². The maximum absolute atomic E-state index is 13.0. The summed E-state index contributed by atoms with van der Waals surface area (Å²) < 4.78 is 23.5. The van der Waals surface area contributed by atoms with Crippen LogP contribution in [0, 0.1) is 0 Å². The second kappa shape index (κ2) is 59.3. The van der Waals surface area contributed by atoms with Crippen LogP contribution in [0.15, 0.2) is 36.5 Å². The summed E-state index contributed by atoms with van der Waals surface area (Å²) in [5.41, 5.74) is 0. The molecule has 0 rings (SSSR count). The van der Waals surface area contributed by atoms with Crippen LogP contribution in [0.2, 0.25) is 0 Å². The number of hydrogen-bond acceptors (Lipinski definition) is 6. The number of carbonyl (C=O) groups excluding carboxylic acids is 1. The van der Waals surface area contributed by atoms with Gasteiger partial charge in [-0.3, -0.25) is 9.36 Å². The average Bonchev–Trinajstić information content (AvgIpc) is 3.39. The summed E-state index contributed by atoms with van der Waals surface area (Å²) in [6.07, 6.45) is 77.8. The molecular weight excluding hydrogens is 972 g/mol. The molecule has 77 heavy (non-hydrogen) atoms. The van der Waals surface area contributed by atoms with E-state index >= 15 is 0 Å². The molecule has 0 saturated heterocycles. The Kier molecular flexibility index (Phi) is 58.4. The van der Waals surface area contributed by atoms with E-state index in [2.05, 4.69) is 55.6 Å². The molecule has 0 aliphatic heterocycles. The van der Waals surface area contributed by atoms with Gasteiger partial charge >= 0.3 is 0 Å². The number of unbranched alkanes of at least 4 members (excludes halogenated alkanes) is 44. The van der Waals surface area contributed by atoms with Gasteiger partial charge in [-0.1, -0.05) is 320 Å². The van der Waals surface area contributed by atoms with E-state index in [-0.39, 0.29) is 19.1 Å². The highest BCUT2D eigenvalue weighted by atomic mass is 31.2. The Morgan fingerprint density at radius 1 is 0.455 bits per heavy atom. The minimum absolute atomic E-state index is 0.0108. The minimum atomic E-state index is -4.58. The fraction of sp³-hybridized carbons (Fsp3) is 0.897. The van der Waals surface area contributed by atoms with E-state index in [0.717, 1.165) is 57.8 Å². The van der Waals surface area contributed by atoms with Crippen LogP contribution in [0.3, 0.4) is 0 Å². The number of carbonyl (C=O) groups is 1. The highest BCUT2D eigenvalue weighted by Crippen LogP contribution is 2.38. The van der Waals surface area contributed by atoms with Gasteiger partial charge in [0.1, 0.15) is 13.2 Å². The first-order chi connectivity index (χ1) is 37.5. The van der Waals surface area contributed by atoms with E-state index in [1.807, 2.05) is 21.1 Å². The Balaban J connectivity index is 4.04. The van der Waals surface area contributed by atoms with Gasteiger partial charge in [-0.2, -0.15) is 0 Å². The van der Waals surface area contributed by atoms with E-state index in [9.17, 15) is 19.4 Å². The monoisotopic (exact) mass is 1100 g/mol. The van der Waals surface area contributed by atoms with Crippen molar-refractivity contribution in [2.45, 2.75) is 353 Å². The van der Waals surface area contributed by atoms with E-state index < -0.39 is 20.0 Å². The van der Waals surface area contributed by atoms with E-state index in [4.69, 9.17) is 9.05 Å². The Hall–Kier alpha value is -1.28. The lowest BCUT2D eigenvalue weighted by Gasteiger charge is -2.30. The van der Waals surface area contributed by atoms with Crippen LogP contribution < -0.4 is 10.2 Å². The first kappa shape index (κ1) is 75.7. The molecule has 9 heteroatoms. The number of rotatable bonds is 63. The van der Waals surface area contributed by atoms with Crippen molar-refractivity contribution in [1.29, 1.82) is 0 Å². The van der Waals surface area contributed by atoms with Crippen molar-refractivity contribution in [2.24, 2.45) is 0 Å². The van der Waals surface area contributed by atoms with Crippen LogP contribution in [0.5, 0.6) is 0 Å². The number of aliphatic hydroxyl groups is 1. The fourth-order valence-electron chi connectivity index (χ4n) is 10.3. The van der Waals surface area contributed by atoms with Gasteiger partial charge in [-0.15, -0.1) is 0 Å². The molecule has 0 spiro atoms. The van der Waals surface area contributed by atoms with Crippen molar-refractivity contribution >= 4 is 13.7 Å². The second-order valence-electron chi connectivity index (χ2n) is 24.5. The van der Waals surface area contributed by atoms with Crippen LogP contribution in [-0.2, 0) is 18.4 Å². The average molecular weight is 1110 g/mol. The van der Waals surface area contributed by atoms with Crippen molar-refractivity contribution in [3.63, 3.8) is 0 Å². The zero-order valence-electron chi connectivity index (χ0n) is 52.2. The number of nitrogens with zero attached hydrogens (tertiary/aromatic N) is 1. The lowest BCUT2D eigenvalue weighted by Crippen LogP contribution is -2.46. The number of allylic oxidation sites excluding steroid dienone is 6. The smallest absolute Gasteiger partial charge is 0.268 e. The zero-order chi connectivity index (χ0) is 56.3. The summed E-state index contributed by atoms with van der Waals surface area (Å²) in [4.78, 5) is 25.6. The van der Waals surface area contributed by atoms with Gasteiger partial charge < -0.3 is 28.8 Å². The standard InChI is InChI=1S/C68H133N2O6P/c1-6-8-10-12-14-16-18-20-22-24-26-28-30-31-32-33-34-35-36-37-38-40-41-43-45-47-49-51-53-55-57-59-61-67(71)66(65-76-77(73,74)75-64-63-70(3,4)5)69-68(72)62-60-58-56-54-52-50-48-46-44-42-39-29-27-25-23-21-19-17-15-13-11-9-7-2/h19,21,25,27,39,42,66-67,71H,6-18,20,22-24,26,28-38,40-41,43-65H2,1-5H3,(H-,69,72,73,74)/b21-19-,27-25-,42-39-. The van der Waals surface area contributed by atoms with Crippen LogP contribution in [0.25, 0.3) is 0 Å². The van der Waals surface area contributed by atoms with Gasteiger partial charge in [0.05, 0.1) is 39.9 Å². The molecule has 0 aromatic heterocycles. The van der Waals surface area contributed by atoms with Gasteiger partial charge in [0.25, 0.3) is 7.82 Å². The van der Waals surface area contributed by atoms with Crippen LogP contribution in [0.1, 0.15) is 341 Å². The van der Waals surface area contributed by atoms with Gasteiger partial charge in [0, 0.05) is 6.42 Å². The third-order valence-corrected chi connectivity index (χ3v) is 16.6. The quantitative estimate of drug-likeness (QED) is 0.0272. The summed E-state index contributed by atoms with van der Waals surface area (Å²) in [6, 6.07) is -0.807.